The van der Waals surface area contributed by atoms with Gasteiger partial charge in [-0.15, -0.1) is 0 Å². The number of benzene rings is 2. The predicted molar refractivity (Wildman–Crippen MR) is 128 cm³/mol. The summed E-state index contributed by atoms with van der Waals surface area (Å²) in [4.78, 5) is 29.9. The van der Waals surface area contributed by atoms with E-state index in [-0.39, 0.29) is 6.61 Å². The molecule has 6 heteroatoms. The van der Waals surface area contributed by atoms with Gasteiger partial charge in [0.05, 0.1) is 5.56 Å². The number of hydrogen-bond acceptors (Lipinski definition) is 4. The van der Waals surface area contributed by atoms with Crippen LogP contribution in [-0.2, 0) is 11.4 Å². The van der Waals surface area contributed by atoms with E-state index >= 15 is 0 Å². The summed E-state index contributed by atoms with van der Waals surface area (Å²) >= 11 is 0. The van der Waals surface area contributed by atoms with Gasteiger partial charge in [0.2, 0.25) is 0 Å². The average molecular weight is 447 g/mol. The van der Waals surface area contributed by atoms with E-state index in [0.717, 1.165) is 40.4 Å². The van der Waals surface area contributed by atoms with E-state index in [9.17, 15) is 14.7 Å². The van der Waals surface area contributed by atoms with Crippen LogP contribution in [0.15, 0.2) is 48.7 Å². The largest absolute Gasteiger partial charge is 0.487 e. The molecular weight excluding hydrogens is 416 g/mol. The molecule has 2 N–H and O–H groups in total. The van der Waals surface area contributed by atoms with Crippen molar-refractivity contribution in [2.45, 2.75) is 64.5 Å². The Morgan fingerprint density at radius 1 is 1.12 bits per heavy atom. The number of nitrogens with one attached hydrogen (secondary N) is 1. The number of aryl methyl sites for hydroxylation is 1. The fourth-order valence-corrected chi connectivity index (χ4v) is 4.53. The summed E-state index contributed by atoms with van der Waals surface area (Å²) in [7, 11) is 0. The molecule has 1 saturated carbocycles. The normalized spacial score (nSPS) is 15.0. The molecule has 3 aromatic rings. The quantitative estimate of drug-likeness (QED) is 0.509. The maximum absolute atomic E-state index is 13.4. The Bertz CT molecular complexity index is 1180. The van der Waals surface area contributed by atoms with Gasteiger partial charge in [0.25, 0.3) is 5.91 Å². The number of aromatic nitrogens is 1. The summed E-state index contributed by atoms with van der Waals surface area (Å²) in [6, 6.07) is 13.5. The van der Waals surface area contributed by atoms with Crippen molar-refractivity contribution in [1.29, 1.82) is 0 Å². The van der Waals surface area contributed by atoms with Crippen LogP contribution >= 0.6 is 0 Å². The average Bonchev–Trinajstić information content (AvgIpc) is 3.28. The van der Waals surface area contributed by atoms with Crippen molar-refractivity contribution in [2.75, 3.05) is 0 Å². The van der Waals surface area contributed by atoms with Gasteiger partial charge >= 0.3 is 5.97 Å². The molecule has 0 radical (unpaired) electrons. The van der Waals surface area contributed by atoms with Crippen molar-refractivity contribution >= 4 is 22.6 Å². The lowest BCUT2D eigenvalue weighted by Gasteiger charge is -2.26. The van der Waals surface area contributed by atoms with Gasteiger partial charge in [-0.05, 0) is 48.8 Å². The summed E-state index contributed by atoms with van der Waals surface area (Å²) < 4.78 is 6.22. The van der Waals surface area contributed by atoms with Crippen LogP contribution in [0, 0.1) is 6.92 Å². The number of fused-ring (bicyclic) bond motifs is 1. The number of carboxylic acid groups (broad SMARTS) is 1. The molecule has 172 valence electrons. The molecule has 0 atom stereocenters. The van der Waals surface area contributed by atoms with Gasteiger partial charge in [0.1, 0.15) is 17.9 Å². The summed E-state index contributed by atoms with van der Waals surface area (Å²) in [5, 5.41) is 14.5. The van der Waals surface area contributed by atoms with Crippen molar-refractivity contribution in [2.24, 2.45) is 0 Å². The van der Waals surface area contributed by atoms with Gasteiger partial charge in [-0.1, -0.05) is 57.0 Å². The van der Waals surface area contributed by atoms with Crippen molar-refractivity contribution < 1.29 is 19.4 Å². The van der Waals surface area contributed by atoms with Crippen molar-refractivity contribution in [1.82, 2.24) is 10.3 Å². The predicted octanol–water partition coefficient (Wildman–Crippen LogP) is 5.37. The number of hydrogen-bond donors (Lipinski definition) is 2. The third-order valence-corrected chi connectivity index (χ3v) is 6.49. The number of rotatable bonds is 7. The fraction of sp³-hybridized carbons (Fsp3) is 0.370. The van der Waals surface area contributed by atoms with E-state index in [0.29, 0.717) is 30.1 Å². The zero-order valence-electron chi connectivity index (χ0n) is 19.4. The Hall–Kier alpha value is -3.41. The first-order valence-electron chi connectivity index (χ1n) is 11.5. The molecule has 1 heterocycles. The van der Waals surface area contributed by atoms with Crippen LogP contribution in [0.5, 0.6) is 5.75 Å². The summed E-state index contributed by atoms with van der Waals surface area (Å²) in [5.74, 6) is -0.602. The van der Waals surface area contributed by atoms with Gasteiger partial charge < -0.3 is 15.2 Å². The van der Waals surface area contributed by atoms with Crippen LogP contribution in [0.25, 0.3) is 10.8 Å². The first-order valence-corrected chi connectivity index (χ1v) is 11.5. The molecule has 6 nitrogen and oxygen atoms in total. The molecule has 0 bridgehead atoms. The number of nitrogens with zero attached hydrogens (tertiary/aromatic N) is 1. The standard InChI is InChI=1S/C27H30N2O4/c1-17(2)23-11-10-19(15-28-23)16-33-24-21-9-5-4-8-20(21)18(3)14-22(24)25(30)29-27(26(31)32)12-6-7-13-27/h4-5,8-11,14-15,17H,6-7,12-13,16H2,1-3H3,(H,29,30)(H,31,32). The lowest BCUT2D eigenvalue weighted by Crippen LogP contribution is -2.52. The van der Waals surface area contributed by atoms with Crippen LogP contribution in [0.4, 0.5) is 0 Å². The molecule has 1 fully saturated rings. The smallest absolute Gasteiger partial charge is 0.329 e. The van der Waals surface area contributed by atoms with Crippen LogP contribution in [-0.4, -0.2) is 27.5 Å². The molecule has 0 unspecified atom stereocenters. The van der Waals surface area contributed by atoms with E-state index in [2.05, 4.69) is 24.1 Å². The number of aliphatic carboxylic acids is 1. The van der Waals surface area contributed by atoms with Crippen LogP contribution < -0.4 is 10.1 Å². The third kappa shape index (κ3) is 4.56. The van der Waals surface area contributed by atoms with Gasteiger partial charge in [-0.25, -0.2) is 4.79 Å². The van der Waals surface area contributed by atoms with Gasteiger partial charge in [0, 0.05) is 22.8 Å². The number of amides is 1. The van der Waals surface area contributed by atoms with Crippen LogP contribution in [0.2, 0.25) is 0 Å². The first-order chi connectivity index (χ1) is 15.8. The molecule has 1 aliphatic rings. The Morgan fingerprint density at radius 2 is 1.82 bits per heavy atom. The van der Waals surface area contributed by atoms with E-state index in [4.69, 9.17) is 4.74 Å². The molecule has 0 saturated heterocycles. The Balaban J connectivity index is 1.69. The molecule has 2 aromatic carbocycles. The number of carbonyl (C=O) groups excluding carboxylic acids is 1. The number of carbonyl (C=O) groups is 2. The van der Waals surface area contributed by atoms with E-state index < -0.39 is 17.4 Å². The second kappa shape index (κ2) is 9.22. The molecule has 0 spiro atoms. The Labute approximate surface area is 194 Å². The minimum Gasteiger partial charge on any atom is -0.487 e. The lowest BCUT2D eigenvalue weighted by atomic mass is 9.95. The number of ether oxygens (including phenoxy) is 1. The lowest BCUT2D eigenvalue weighted by molar-refractivity contribution is -0.144. The minimum absolute atomic E-state index is 0.253. The molecule has 33 heavy (non-hydrogen) atoms. The highest BCUT2D eigenvalue weighted by molar-refractivity contribution is 6.06. The maximum atomic E-state index is 13.4. The van der Waals surface area contributed by atoms with E-state index in [1.54, 1.807) is 12.3 Å². The topological polar surface area (TPSA) is 88.5 Å². The van der Waals surface area contributed by atoms with Crippen LogP contribution in [0.1, 0.15) is 72.6 Å². The highest BCUT2D eigenvalue weighted by atomic mass is 16.5. The second-order valence-corrected chi connectivity index (χ2v) is 9.20. The minimum atomic E-state index is -1.22. The molecule has 4 rings (SSSR count). The van der Waals surface area contributed by atoms with E-state index in [1.807, 2.05) is 43.3 Å². The molecule has 0 aliphatic heterocycles. The highest BCUT2D eigenvalue weighted by Crippen LogP contribution is 2.35. The molecule has 1 aliphatic carbocycles. The SMILES string of the molecule is Cc1cc(C(=O)NC2(C(=O)O)CCCC2)c(OCc2ccc(C(C)C)nc2)c2ccccc12. The number of pyridine rings is 1. The van der Waals surface area contributed by atoms with Crippen molar-refractivity contribution in [3.05, 3.63) is 71.0 Å². The van der Waals surface area contributed by atoms with Gasteiger partial charge in [-0.2, -0.15) is 0 Å². The monoisotopic (exact) mass is 446 g/mol. The number of carboxylic acids is 1. The zero-order chi connectivity index (χ0) is 23.6. The molecule has 1 aromatic heterocycles. The fourth-order valence-electron chi connectivity index (χ4n) is 4.53. The van der Waals surface area contributed by atoms with E-state index in [1.165, 1.54) is 0 Å². The Morgan fingerprint density at radius 3 is 2.42 bits per heavy atom. The van der Waals surface area contributed by atoms with Gasteiger partial charge in [0.15, 0.2) is 0 Å². The molecular formula is C27H30N2O4. The van der Waals surface area contributed by atoms with Gasteiger partial charge in [-0.3, -0.25) is 9.78 Å². The summed E-state index contributed by atoms with van der Waals surface area (Å²) in [5.41, 5.74) is 1.97. The summed E-state index contributed by atoms with van der Waals surface area (Å²) in [6.07, 6.45) is 4.23. The van der Waals surface area contributed by atoms with Crippen LogP contribution in [0.3, 0.4) is 0 Å². The van der Waals surface area contributed by atoms with Crippen molar-refractivity contribution in [3.63, 3.8) is 0 Å². The highest BCUT2D eigenvalue weighted by Gasteiger charge is 2.43. The maximum Gasteiger partial charge on any atom is 0.329 e. The Kier molecular flexibility index (Phi) is 6.36. The third-order valence-electron chi connectivity index (χ3n) is 6.49. The van der Waals surface area contributed by atoms with Crippen molar-refractivity contribution in [3.8, 4) is 5.75 Å². The first kappa shape index (κ1) is 22.8. The zero-order valence-corrected chi connectivity index (χ0v) is 19.4. The summed E-state index contributed by atoms with van der Waals surface area (Å²) in [6.45, 7) is 6.38. The molecule has 1 amide bonds. The second-order valence-electron chi connectivity index (χ2n) is 9.20.